The topological polar surface area (TPSA) is 73.7 Å². The fourth-order valence-electron chi connectivity index (χ4n) is 2.65. The molecule has 3 N–H and O–H groups in total. The molecule has 0 atom stereocenters. The quantitative estimate of drug-likeness (QED) is 0.429. The third-order valence-corrected chi connectivity index (χ3v) is 4.13. The first-order valence-corrected chi connectivity index (χ1v) is 8.54. The molecular weight excluding hydrogens is 337 g/mol. The summed E-state index contributed by atoms with van der Waals surface area (Å²) >= 11 is 12.0. The summed E-state index contributed by atoms with van der Waals surface area (Å²) in [6.45, 7) is -0.295. The van der Waals surface area contributed by atoms with Crippen LogP contribution in [0.4, 0.5) is 5.69 Å². The number of hydrogen-bond acceptors (Lipinski definition) is 2. The summed E-state index contributed by atoms with van der Waals surface area (Å²) in [4.78, 5) is 14.9. The van der Waals surface area contributed by atoms with Crippen molar-refractivity contribution in [2.75, 3.05) is 11.9 Å². The number of carboxylic acids is 1. The van der Waals surface area contributed by atoms with Crippen molar-refractivity contribution in [2.24, 2.45) is 4.99 Å². The minimum absolute atomic E-state index is 0.295. The molecule has 2 rings (SSSR count). The van der Waals surface area contributed by atoms with E-state index in [9.17, 15) is 4.79 Å². The molecule has 23 heavy (non-hydrogen) atoms. The van der Waals surface area contributed by atoms with Crippen LogP contribution < -0.4 is 10.6 Å². The summed E-state index contributed by atoms with van der Waals surface area (Å²) in [6, 6.07) is 5.38. The Morgan fingerprint density at radius 3 is 2.30 bits per heavy atom. The third kappa shape index (κ3) is 6.67. The highest BCUT2D eigenvalue weighted by atomic mass is 35.5. The van der Waals surface area contributed by atoms with Crippen LogP contribution in [0.3, 0.4) is 0 Å². The summed E-state index contributed by atoms with van der Waals surface area (Å²) in [6.07, 6.45) is 6.96. The molecule has 126 valence electrons. The van der Waals surface area contributed by atoms with Gasteiger partial charge >= 0.3 is 5.97 Å². The van der Waals surface area contributed by atoms with Crippen LogP contribution in [0.2, 0.25) is 10.0 Å². The van der Waals surface area contributed by atoms with Crippen LogP contribution in [0.5, 0.6) is 0 Å². The van der Waals surface area contributed by atoms with E-state index >= 15 is 0 Å². The van der Waals surface area contributed by atoms with E-state index in [2.05, 4.69) is 15.6 Å². The number of nitrogens with zero attached hydrogens (tertiary/aromatic N) is 1. The summed E-state index contributed by atoms with van der Waals surface area (Å²) in [5.74, 6) is -0.534. The van der Waals surface area contributed by atoms with Crippen LogP contribution in [0, 0.1) is 0 Å². The van der Waals surface area contributed by atoms with Gasteiger partial charge in [0.25, 0.3) is 0 Å². The maximum absolute atomic E-state index is 10.8. The van der Waals surface area contributed by atoms with E-state index in [1.165, 1.54) is 25.7 Å². The number of aliphatic imine (C=N–C) groups is 1. The molecule has 1 aliphatic carbocycles. The van der Waals surface area contributed by atoms with Gasteiger partial charge in [-0.2, -0.15) is 0 Å². The van der Waals surface area contributed by atoms with Crippen LogP contribution in [-0.2, 0) is 4.79 Å². The van der Waals surface area contributed by atoms with Crippen LogP contribution in [-0.4, -0.2) is 29.6 Å². The van der Waals surface area contributed by atoms with Gasteiger partial charge < -0.3 is 15.7 Å². The Morgan fingerprint density at radius 2 is 1.74 bits per heavy atom. The van der Waals surface area contributed by atoms with Gasteiger partial charge in [0, 0.05) is 21.8 Å². The monoisotopic (exact) mass is 357 g/mol. The number of halogens is 2. The highest BCUT2D eigenvalue weighted by molar-refractivity contribution is 6.35. The Hall–Kier alpha value is -1.46. The number of guanidine groups is 1. The Labute approximate surface area is 146 Å². The average Bonchev–Trinajstić information content (AvgIpc) is 2.72. The van der Waals surface area contributed by atoms with Crippen molar-refractivity contribution >= 4 is 40.8 Å². The molecule has 1 saturated carbocycles. The predicted molar refractivity (Wildman–Crippen MR) is 94.6 cm³/mol. The molecule has 7 heteroatoms. The number of benzene rings is 1. The number of hydrogen-bond donors (Lipinski definition) is 3. The Bertz CT molecular complexity index is 550. The van der Waals surface area contributed by atoms with Gasteiger partial charge in [-0.25, -0.2) is 4.99 Å². The Balaban J connectivity index is 2.09. The Kier molecular flexibility index (Phi) is 6.99. The van der Waals surface area contributed by atoms with E-state index in [0.29, 0.717) is 27.7 Å². The SMILES string of the molecule is O=C(O)CN=C(Nc1cc(Cl)cc(Cl)c1)NC1CCCCCC1. The highest BCUT2D eigenvalue weighted by Gasteiger charge is 2.14. The van der Waals surface area contributed by atoms with Crippen molar-refractivity contribution in [3.63, 3.8) is 0 Å². The first-order valence-electron chi connectivity index (χ1n) is 7.79. The van der Waals surface area contributed by atoms with Gasteiger partial charge in [0.05, 0.1) is 0 Å². The molecule has 0 unspecified atom stereocenters. The lowest BCUT2D eigenvalue weighted by molar-refractivity contribution is -0.135. The number of carbonyl (C=O) groups is 1. The number of anilines is 1. The zero-order chi connectivity index (χ0) is 16.7. The fourth-order valence-corrected chi connectivity index (χ4v) is 3.17. The van der Waals surface area contributed by atoms with Gasteiger partial charge in [0.15, 0.2) is 5.96 Å². The zero-order valence-electron chi connectivity index (χ0n) is 12.8. The van der Waals surface area contributed by atoms with Gasteiger partial charge in [-0.3, -0.25) is 4.79 Å². The number of carboxylic acid groups (broad SMARTS) is 1. The van der Waals surface area contributed by atoms with E-state index in [-0.39, 0.29) is 6.54 Å². The molecule has 0 saturated heterocycles. The van der Waals surface area contributed by atoms with Crippen molar-refractivity contribution in [2.45, 2.75) is 44.6 Å². The van der Waals surface area contributed by atoms with E-state index in [0.717, 1.165) is 12.8 Å². The lowest BCUT2D eigenvalue weighted by Crippen LogP contribution is -2.39. The van der Waals surface area contributed by atoms with Crippen molar-refractivity contribution in [3.8, 4) is 0 Å². The molecule has 0 heterocycles. The standard InChI is InChI=1S/C16H21Cl2N3O2/c17-11-7-12(18)9-14(8-11)21-16(19-10-15(22)23)20-13-5-3-1-2-4-6-13/h7-9,13H,1-6,10H2,(H,22,23)(H2,19,20,21). The molecule has 0 aliphatic heterocycles. The molecule has 0 spiro atoms. The summed E-state index contributed by atoms with van der Waals surface area (Å²) in [7, 11) is 0. The van der Waals surface area contributed by atoms with E-state index in [4.69, 9.17) is 28.3 Å². The maximum atomic E-state index is 10.8. The predicted octanol–water partition coefficient (Wildman–Crippen LogP) is 4.16. The maximum Gasteiger partial charge on any atom is 0.325 e. The van der Waals surface area contributed by atoms with Crippen molar-refractivity contribution < 1.29 is 9.90 Å². The highest BCUT2D eigenvalue weighted by Crippen LogP contribution is 2.23. The summed E-state index contributed by atoms with van der Waals surface area (Å²) in [5, 5.41) is 16.3. The molecule has 5 nitrogen and oxygen atoms in total. The largest absolute Gasteiger partial charge is 0.480 e. The number of aliphatic carboxylic acids is 1. The molecule has 0 amide bonds. The van der Waals surface area contributed by atoms with Gasteiger partial charge in [0.1, 0.15) is 6.54 Å². The van der Waals surface area contributed by atoms with E-state index in [1.807, 2.05) is 0 Å². The second kappa shape index (κ2) is 8.99. The summed E-state index contributed by atoms with van der Waals surface area (Å²) in [5.41, 5.74) is 0.674. The zero-order valence-corrected chi connectivity index (χ0v) is 14.3. The van der Waals surface area contributed by atoms with Crippen molar-refractivity contribution in [1.29, 1.82) is 0 Å². The first-order chi connectivity index (χ1) is 11.0. The van der Waals surface area contributed by atoms with E-state index in [1.54, 1.807) is 18.2 Å². The molecule has 1 aliphatic rings. The molecule has 1 aromatic rings. The molecule has 0 radical (unpaired) electrons. The van der Waals surface area contributed by atoms with Crippen molar-refractivity contribution in [3.05, 3.63) is 28.2 Å². The first kappa shape index (κ1) is 17.9. The Morgan fingerprint density at radius 1 is 1.13 bits per heavy atom. The second-order valence-corrected chi connectivity index (χ2v) is 6.55. The smallest absolute Gasteiger partial charge is 0.325 e. The van der Waals surface area contributed by atoms with Gasteiger partial charge in [0.2, 0.25) is 0 Å². The van der Waals surface area contributed by atoms with Crippen LogP contribution in [0.1, 0.15) is 38.5 Å². The van der Waals surface area contributed by atoms with Gasteiger partial charge in [-0.1, -0.05) is 48.9 Å². The lowest BCUT2D eigenvalue weighted by atomic mass is 10.1. The van der Waals surface area contributed by atoms with Crippen LogP contribution in [0.15, 0.2) is 23.2 Å². The van der Waals surface area contributed by atoms with Gasteiger partial charge in [-0.15, -0.1) is 0 Å². The molecule has 1 aromatic carbocycles. The summed E-state index contributed by atoms with van der Waals surface area (Å²) < 4.78 is 0. The average molecular weight is 358 g/mol. The van der Waals surface area contributed by atoms with Crippen LogP contribution >= 0.6 is 23.2 Å². The second-order valence-electron chi connectivity index (χ2n) is 5.67. The van der Waals surface area contributed by atoms with Crippen molar-refractivity contribution in [1.82, 2.24) is 5.32 Å². The molecule has 0 bridgehead atoms. The molecule has 1 fully saturated rings. The van der Waals surface area contributed by atoms with E-state index < -0.39 is 5.97 Å². The minimum Gasteiger partial charge on any atom is -0.480 e. The number of rotatable bonds is 4. The normalized spacial score (nSPS) is 16.7. The lowest BCUT2D eigenvalue weighted by Gasteiger charge is -2.20. The fraction of sp³-hybridized carbons (Fsp3) is 0.500. The molecular formula is C16H21Cl2N3O2. The third-order valence-electron chi connectivity index (χ3n) is 3.69. The molecule has 0 aromatic heterocycles. The van der Waals surface area contributed by atoms with Crippen LogP contribution in [0.25, 0.3) is 0 Å². The van der Waals surface area contributed by atoms with Gasteiger partial charge in [-0.05, 0) is 31.0 Å². The minimum atomic E-state index is -0.976. The number of nitrogens with one attached hydrogen (secondary N) is 2.